The molecule has 0 spiro atoms. The van der Waals surface area contributed by atoms with Gasteiger partial charge in [0.05, 0.1) is 11.9 Å². The number of hydrogen-bond donors (Lipinski definition) is 1. The summed E-state index contributed by atoms with van der Waals surface area (Å²) in [7, 11) is 0. The predicted octanol–water partition coefficient (Wildman–Crippen LogP) is 1.83. The van der Waals surface area contributed by atoms with Crippen molar-refractivity contribution in [3.05, 3.63) is 48.5 Å². The smallest absolute Gasteiger partial charge is 0.0991 e. The molecular formula is C16H19N3O. The second-order valence-electron chi connectivity index (χ2n) is 6.16. The lowest BCUT2D eigenvalue weighted by Crippen LogP contribution is -2.62. The summed E-state index contributed by atoms with van der Waals surface area (Å²) in [6.07, 6.45) is 7.96. The van der Waals surface area contributed by atoms with Crippen LogP contribution in [-0.4, -0.2) is 38.2 Å². The van der Waals surface area contributed by atoms with Gasteiger partial charge in [-0.15, -0.1) is 0 Å². The monoisotopic (exact) mass is 269 g/mol. The Morgan fingerprint density at radius 1 is 1.20 bits per heavy atom. The largest absolute Gasteiger partial charge is 0.387 e. The van der Waals surface area contributed by atoms with Crippen LogP contribution in [0.1, 0.15) is 18.4 Å². The van der Waals surface area contributed by atoms with Gasteiger partial charge in [0.15, 0.2) is 0 Å². The molecule has 0 radical (unpaired) electrons. The first-order chi connectivity index (χ1) is 9.73. The van der Waals surface area contributed by atoms with Gasteiger partial charge in [0.2, 0.25) is 0 Å². The molecule has 0 amide bonds. The fourth-order valence-corrected chi connectivity index (χ4v) is 3.16. The van der Waals surface area contributed by atoms with Gasteiger partial charge in [-0.3, -0.25) is 4.90 Å². The second-order valence-corrected chi connectivity index (χ2v) is 6.16. The highest BCUT2D eigenvalue weighted by Crippen LogP contribution is 2.44. The van der Waals surface area contributed by atoms with E-state index in [9.17, 15) is 5.11 Å². The molecule has 0 unspecified atom stereocenters. The summed E-state index contributed by atoms with van der Waals surface area (Å²) in [6.45, 7) is 2.60. The van der Waals surface area contributed by atoms with Crippen molar-refractivity contribution in [1.82, 2.24) is 14.5 Å². The van der Waals surface area contributed by atoms with Gasteiger partial charge in [-0.05, 0) is 36.5 Å². The van der Waals surface area contributed by atoms with Crippen LogP contribution >= 0.6 is 0 Å². The Morgan fingerprint density at radius 3 is 2.55 bits per heavy atom. The molecule has 1 aliphatic carbocycles. The summed E-state index contributed by atoms with van der Waals surface area (Å²) >= 11 is 0. The lowest BCUT2D eigenvalue weighted by Gasteiger charge is -2.47. The maximum atomic E-state index is 10.3. The Labute approximate surface area is 118 Å². The SMILES string of the molecule is OC1(C2CC2)CN(Cc2ccc(-n3ccnc3)cc2)C1. The van der Waals surface area contributed by atoms with Crippen molar-refractivity contribution in [2.24, 2.45) is 5.92 Å². The summed E-state index contributed by atoms with van der Waals surface area (Å²) in [6, 6.07) is 8.54. The van der Waals surface area contributed by atoms with E-state index in [1.54, 1.807) is 12.5 Å². The van der Waals surface area contributed by atoms with Crippen LogP contribution < -0.4 is 0 Å². The van der Waals surface area contributed by atoms with Gasteiger partial charge in [0.1, 0.15) is 0 Å². The summed E-state index contributed by atoms with van der Waals surface area (Å²) in [4.78, 5) is 6.38. The van der Waals surface area contributed by atoms with Crippen LogP contribution in [0.3, 0.4) is 0 Å². The molecular weight excluding hydrogens is 250 g/mol. The molecule has 1 aromatic heterocycles. The molecule has 2 heterocycles. The van der Waals surface area contributed by atoms with Crippen molar-refractivity contribution in [3.8, 4) is 5.69 Å². The number of benzene rings is 1. The van der Waals surface area contributed by atoms with Gasteiger partial charge in [0.25, 0.3) is 0 Å². The molecule has 4 heteroatoms. The summed E-state index contributed by atoms with van der Waals surface area (Å²) in [5.74, 6) is 0.572. The van der Waals surface area contributed by atoms with Crippen LogP contribution in [0.25, 0.3) is 5.69 Å². The van der Waals surface area contributed by atoms with E-state index in [1.807, 2.05) is 10.8 Å². The first kappa shape index (κ1) is 12.1. The highest BCUT2D eigenvalue weighted by molar-refractivity contribution is 5.34. The van der Waals surface area contributed by atoms with Crippen molar-refractivity contribution in [3.63, 3.8) is 0 Å². The van der Waals surface area contributed by atoms with Crippen molar-refractivity contribution in [1.29, 1.82) is 0 Å². The van der Waals surface area contributed by atoms with E-state index >= 15 is 0 Å². The minimum absolute atomic E-state index is 0.378. The standard InChI is InChI=1S/C16H19N3O/c20-16(14-3-4-14)10-18(11-16)9-13-1-5-15(6-2-13)19-8-7-17-12-19/h1-2,5-8,12,14,20H,3-4,9-11H2. The Morgan fingerprint density at radius 2 is 1.95 bits per heavy atom. The molecule has 2 aromatic rings. The number of likely N-dealkylation sites (tertiary alicyclic amines) is 1. The third-order valence-corrected chi connectivity index (χ3v) is 4.48. The highest BCUT2D eigenvalue weighted by Gasteiger charge is 2.51. The van der Waals surface area contributed by atoms with E-state index in [2.05, 4.69) is 34.1 Å². The highest BCUT2D eigenvalue weighted by atomic mass is 16.3. The zero-order valence-corrected chi connectivity index (χ0v) is 11.4. The maximum absolute atomic E-state index is 10.3. The average Bonchev–Trinajstić information content (AvgIpc) is 3.14. The molecule has 1 N–H and O–H groups in total. The summed E-state index contributed by atoms with van der Waals surface area (Å²) in [5, 5.41) is 10.3. The molecule has 2 aliphatic rings. The molecule has 0 atom stereocenters. The molecule has 104 valence electrons. The van der Waals surface area contributed by atoms with E-state index < -0.39 is 0 Å². The normalized spacial score (nSPS) is 21.6. The molecule has 0 bridgehead atoms. The summed E-state index contributed by atoms with van der Waals surface area (Å²) in [5.41, 5.74) is 2.05. The fourth-order valence-electron chi connectivity index (χ4n) is 3.16. The molecule has 2 fully saturated rings. The Balaban J connectivity index is 1.38. The van der Waals surface area contributed by atoms with Crippen LogP contribution in [0, 0.1) is 5.92 Å². The Bertz CT molecular complexity index is 581. The van der Waals surface area contributed by atoms with Crippen LogP contribution in [0.2, 0.25) is 0 Å². The third-order valence-electron chi connectivity index (χ3n) is 4.48. The fraction of sp³-hybridized carbons (Fsp3) is 0.438. The number of imidazole rings is 1. The van der Waals surface area contributed by atoms with Gasteiger partial charge in [0, 0.05) is 37.7 Å². The minimum Gasteiger partial charge on any atom is -0.387 e. The van der Waals surface area contributed by atoms with Crippen LogP contribution in [-0.2, 0) is 6.54 Å². The maximum Gasteiger partial charge on any atom is 0.0991 e. The molecule has 1 saturated heterocycles. The van der Waals surface area contributed by atoms with Gasteiger partial charge >= 0.3 is 0 Å². The van der Waals surface area contributed by atoms with E-state index in [1.165, 1.54) is 18.4 Å². The van der Waals surface area contributed by atoms with Gasteiger partial charge in [-0.1, -0.05) is 12.1 Å². The number of rotatable bonds is 4. The van der Waals surface area contributed by atoms with E-state index in [-0.39, 0.29) is 5.60 Å². The number of nitrogens with zero attached hydrogens (tertiary/aromatic N) is 3. The molecule has 1 aromatic carbocycles. The Kier molecular flexibility index (Phi) is 2.69. The van der Waals surface area contributed by atoms with Crippen LogP contribution in [0.15, 0.2) is 43.0 Å². The molecule has 4 nitrogen and oxygen atoms in total. The van der Waals surface area contributed by atoms with Crippen molar-refractivity contribution in [2.75, 3.05) is 13.1 Å². The first-order valence-electron chi connectivity index (χ1n) is 7.25. The zero-order valence-electron chi connectivity index (χ0n) is 11.4. The quantitative estimate of drug-likeness (QED) is 0.920. The second kappa shape index (κ2) is 4.43. The number of aromatic nitrogens is 2. The predicted molar refractivity (Wildman–Crippen MR) is 76.5 cm³/mol. The van der Waals surface area contributed by atoms with Crippen molar-refractivity contribution in [2.45, 2.75) is 25.0 Å². The van der Waals surface area contributed by atoms with Crippen molar-refractivity contribution >= 4 is 0 Å². The minimum atomic E-state index is -0.378. The van der Waals surface area contributed by atoms with Crippen molar-refractivity contribution < 1.29 is 5.11 Å². The van der Waals surface area contributed by atoms with Crippen LogP contribution in [0.4, 0.5) is 0 Å². The summed E-state index contributed by atoms with van der Waals surface area (Å²) < 4.78 is 2.00. The average molecular weight is 269 g/mol. The lowest BCUT2D eigenvalue weighted by atomic mass is 9.88. The van der Waals surface area contributed by atoms with E-state index in [0.29, 0.717) is 5.92 Å². The zero-order chi connectivity index (χ0) is 13.6. The van der Waals surface area contributed by atoms with Gasteiger partial charge < -0.3 is 9.67 Å². The van der Waals surface area contributed by atoms with Gasteiger partial charge in [-0.2, -0.15) is 0 Å². The molecule has 1 saturated carbocycles. The lowest BCUT2D eigenvalue weighted by molar-refractivity contribution is -0.116. The number of aliphatic hydroxyl groups is 1. The topological polar surface area (TPSA) is 41.3 Å². The molecule has 1 aliphatic heterocycles. The number of β-amino-alcohol motifs (C(OH)–C–C–N with tert-alkyl or cyclic N) is 1. The molecule has 4 rings (SSSR count). The molecule has 20 heavy (non-hydrogen) atoms. The first-order valence-corrected chi connectivity index (χ1v) is 7.25. The van der Waals surface area contributed by atoms with E-state index in [4.69, 9.17) is 0 Å². The van der Waals surface area contributed by atoms with E-state index in [0.717, 1.165) is 25.3 Å². The number of hydrogen-bond acceptors (Lipinski definition) is 3. The third kappa shape index (κ3) is 2.15. The van der Waals surface area contributed by atoms with Crippen LogP contribution in [0.5, 0.6) is 0 Å². The van der Waals surface area contributed by atoms with Gasteiger partial charge in [-0.25, -0.2) is 4.98 Å². The Hall–Kier alpha value is -1.65.